The monoisotopic (exact) mass is 285 g/mol. The van der Waals surface area contributed by atoms with Gasteiger partial charge in [-0.15, -0.1) is 0 Å². The van der Waals surface area contributed by atoms with E-state index in [0.29, 0.717) is 12.0 Å². The van der Waals surface area contributed by atoms with E-state index in [1.165, 1.54) is 0 Å². The lowest BCUT2D eigenvalue weighted by Crippen LogP contribution is -2.09. The van der Waals surface area contributed by atoms with Gasteiger partial charge >= 0.3 is 0 Å². The predicted octanol–water partition coefficient (Wildman–Crippen LogP) is 3.98. The summed E-state index contributed by atoms with van der Waals surface area (Å²) in [7, 11) is 0. The number of hydrogen-bond acceptors (Lipinski definition) is 2. The van der Waals surface area contributed by atoms with Gasteiger partial charge in [-0.2, -0.15) is 0 Å². The van der Waals surface area contributed by atoms with Crippen LogP contribution < -0.4 is 5.73 Å². The quantitative estimate of drug-likeness (QED) is 0.671. The number of nitrogen functional groups attached to an aromatic ring is 1. The number of benzene rings is 1. The Bertz CT molecular complexity index is 344. The Balaban J connectivity index is 2.38. The minimum atomic E-state index is 0.325. The standard InChI is InChI=1S/C13H20BrNO/c1-13(2,3)6-7-16-9-10-4-5-11(14)8-12(10)15/h4-5,8H,6-7,9,15H2,1-3H3. The molecule has 0 aromatic heterocycles. The summed E-state index contributed by atoms with van der Waals surface area (Å²) in [6.45, 7) is 8.01. The van der Waals surface area contributed by atoms with Crippen LogP contribution >= 0.6 is 15.9 Å². The van der Waals surface area contributed by atoms with Crippen LogP contribution in [-0.4, -0.2) is 6.61 Å². The Hall–Kier alpha value is -0.540. The topological polar surface area (TPSA) is 35.2 Å². The van der Waals surface area contributed by atoms with Crippen molar-refractivity contribution in [1.82, 2.24) is 0 Å². The summed E-state index contributed by atoms with van der Waals surface area (Å²) in [5.74, 6) is 0. The highest BCUT2D eigenvalue weighted by Gasteiger charge is 2.09. The van der Waals surface area contributed by atoms with Crippen molar-refractivity contribution in [2.75, 3.05) is 12.3 Å². The van der Waals surface area contributed by atoms with Gasteiger partial charge < -0.3 is 10.5 Å². The first-order chi connectivity index (χ1) is 7.38. The zero-order valence-corrected chi connectivity index (χ0v) is 11.8. The van der Waals surface area contributed by atoms with Crippen LogP contribution in [0.25, 0.3) is 0 Å². The first kappa shape index (κ1) is 13.5. The number of rotatable bonds is 4. The van der Waals surface area contributed by atoms with Gasteiger partial charge in [0.25, 0.3) is 0 Å². The Labute approximate surface area is 106 Å². The SMILES string of the molecule is CC(C)(C)CCOCc1ccc(Br)cc1N. The second-order valence-electron chi connectivity index (χ2n) is 5.21. The molecule has 2 N–H and O–H groups in total. The highest BCUT2D eigenvalue weighted by molar-refractivity contribution is 9.10. The smallest absolute Gasteiger partial charge is 0.0736 e. The molecule has 16 heavy (non-hydrogen) atoms. The number of ether oxygens (including phenoxy) is 1. The Morgan fingerprint density at radius 3 is 2.56 bits per heavy atom. The summed E-state index contributed by atoms with van der Waals surface area (Å²) in [5, 5.41) is 0. The van der Waals surface area contributed by atoms with E-state index in [0.717, 1.165) is 28.8 Å². The molecule has 0 aliphatic heterocycles. The van der Waals surface area contributed by atoms with Crippen molar-refractivity contribution < 1.29 is 4.74 Å². The zero-order valence-electron chi connectivity index (χ0n) is 10.2. The maximum absolute atomic E-state index is 5.88. The van der Waals surface area contributed by atoms with Crippen molar-refractivity contribution in [2.45, 2.75) is 33.8 Å². The normalized spacial score (nSPS) is 11.8. The first-order valence-corrected chi connectivity index (χ1v) is 6.29. The minimum absolute atomic E-state index is 0.325. The molecular weight excluding hydrogens is 266 g/mol. The largest absolute Gasteiger partial charge is 0.398 e. The maximum Gasteiger partial charge on any atom is 0.0736 e. The molecule has 0 bridgehead atoms. The van der Waals surface area contributed by atoms with Crippen LogP contribution in [0.2, 0.25) is 0 Å². The van der Waals surface area contributed by atoms with E-state index in [1.54, 1.807) is 0 Å². The molecule has 0 saturated carbocycles. The second kappa shape index (κ2) is 5.69. The molecule has 0 aliphatic carbocycles. The fourth-order valence-corrected chi connectivity index (χ4v) is 1.64. The van der Waals surface area contributed by atoms with Gasteiger partial charge in [-0.25, -0.2) is 0 Å². The Kier molecular flexibility index (Phi) is 4.81. The highest BCUT2D eigenvalue weighted by atomic mass is 79.9. The second-order valence-corrected chi connectivity index (χ2v) is 6.12. The lowest BCUT2D eigenvalue weighted by Gasteiger charge is -2.17. The van der Waals surface area contributed by atoms with Gasteiger partial charge in [0.15, 0.2) is 0 Å². The van der Waals surface area contributed by atoms with Crippen LogP contribution in [0.4, 0.5) is 5.69 Å². The van der Waals surface area contributed by atoms with Crippen LogP contribution in [0, 0.1) is 5.41 Å². The lowest BCUT2D eigenvalue weighted by atomic mass is 9.93. The van der Waals surface area contributed by atoms with E-state index in [1.807, 2.05) is 18.2 Å². The number of halogens is 1. The molecule has 0 fully saturated rings. The third kappa shape index (κ3) is 4.99. The molecule has 0 aliphatic rings. The van der Waals surface area contributed by atoms with Crippen molar-refractivity contribution in [2.24, 2.45) is 5.41 Å². The molecule has 0 spiro atoms. The van der Waals surface area contributed by atoms with Gasteiger partial charge in [0, 0.05) is 22.3 Å². The molecule has 90 valence electrons. The zero-order chi connectivity index (χ0) is 12.2. The molecule has 0 atom stereocenters. The summed E-state index contributed by atoms with van der Waals surface area (Å²) in [4.78, 5) is 0. The lowest BCUT2D eigenvalue weighted by molar-refractivity contribution is 0.0966. The molecule has 3 heteroatoms. The molecule has 0 heterocycles. The van der Waals surface area contributed by atoms with Crippen LogP contribution in [0.15, 0.2) is 22.7 Å². The molecule has 1 rings (SSSR count). The predicted molar refractivity (Wildman–Crippen MR) is 72.3 cm³/mol. The van der Waals surface area contributed by atoms with Crippen molar-refractivity contribution in [3.05, 3.63) is 28.2 Å². The highest BCUT2D eigenvalue weighted by Crippen LogP contribution is 2.21. The van der Waals surface area contributed by atoms with Crippen molar-refractivity contribution in [3.8, 4) is 0 Å². The average Bonchev–Trinajstić information content (AvgIpc) is 2.13. The van der Waals surface area contributed by atoms with Crippen LogP contribution in [0.5, 0.6) is 0 Å². The van der Waals surface area contributed by atoms with Crippen molar-refractivity contribution in [1.29, 1.82) is 0 Å². The summed E-state index contributed by atoms with van der Waals surface area (Å²) in [6.07, 6.45) is 1.06. The van der Waals surface area contributed by atoms with E-state index in [-0.39, 0.29) is 0 Å². The first-order valence-electron chi connectivity index (χ1n) is 5.50. The van der Waals surface area contributed by atoms with Crippen molar-refractivity contribution in [3.63, 3.8) is 0 Å². The van der Waals surface area contributed by atoms with Crippen LogP contribution in [0.1, 0.15) is 32.8 Å². The number of hydrogen-bond donors (Lipinski definition) is 1. The van der Waals surface area contributed by atoms with Gasteiger partial charge in [-0.05, 0) is 24.0 Å². The molecular formula is C13H20BrNO. The van der Waals surface area contributed by atoms with Crippen molar-refractivity contribution >= 4 is 21.6 Å². The summed E-state index contributed by atoms with van der Waals surface area (Å²) >= 11 is 3.38. The van der Waals surface area contributed by atoms with E-state index in [4.69, 9.17) is 10.5 Å². The van der Waals surface area contributed by atoms with Gasteiger partial charge in [0.1, 0.15) is 0 Å². The summed E-state index contributed by atoms with van der Waals surface area (Å²) in [5.41, 5.74) is 8.04. The van der Waals surface area contributed by atoms with E-state index < -0.39 is 0 Å². The van der Waals surface area contributed by atoms with Gasteiger partial charge in [-0.3, -0.25) is 0 Å². The fraction of sp³-hybridized carbons (Fsp3) is 0.538. The minimum Gasteiger partial charge on any atom is -0.398 e. The number of anilines is 1. The molecule has 2 nitrogen and oxygen atoms in total. The maximum atomic E-state index is 5.88. The molecule has 1 aromatic carbocycles. The molecule has 1 aromatic rings. The third-order valence-corrected chi connectivity index (χ3v) is 2.86. The Morgan fingerprint density at radius 2 is 2.00 bits per heavy atom. The van der Waals surface area contributed by atoms with Gasteiger partial charge in [0.2, 0.25) is 0 Å². The van der Waals surface area contributed by atoms with Gasteiger partial charge in [-0.1, -0.05) is 42.8 Å². The van der Waals surface area contributed by atoms with Crippen LogP contribution in [0.3, 0.4) is 0 Å². The molecule has 0 radical (unpaired) electrons. The number of nitrogens with two attached hydrogens (primary N) is 1. The fourth-order valence-electron chi connectivity index (χ4n) is 1.26. The molecule has 0 unspecified atom stereocenters. The van der Waals surface area contributed by atoms with E-state index in [2.05, 4.69) is 36.7 Å². The average molecular weight is 286 g/mol. The van der Waals surface area contributed by atoms with E-state index in [9.17, 15) is 0 Å². The summed E-state index contributed by atoms with van der Waals surface area (Å²) < 4.78 is 6.62. The van der Waals surface area contributed by atoms with Gasteiger partial charge in [0.05, 0.1) is 6.61 Å². The molecule has 0 amide bonds. The van der Waals surface area contributed by atoms with E-state index >= 15 is 0 Å². The molecule has 0 saturated heterocycles. The summed E-state index contributed by atoms with van der Waals surface area (Å²) in [6, 6.07) is 5.89. The Morgan fingerprint density at radius 1 is 1.31 bits per heavy atom. The third-order valence-electron chi connectivity index (χ3n) is 2.36. The van der Waals surface area contributed by atoms with Crippen LogP contribution in [-0.2, 0) is 11.3 Å².